The predicted octanol–water partition coefficient (Wildman–Crippen LogP) is 2.75. The van der Waals surface area contributed by atoms with Crippen LogP contribution in [0.1, 0.15) is 11.1 Å². The van der Waals surface area contributed by atoms with Crippen LogP contribution in [0.25, 0.3) is 0 Å². The molecule has 0 spiro atoms. The Morgan fingerprint density at radius 3 is 2.58 bits per heavy atom. The third kappa shape index (κ3) is 3.31. The largest absolute Gasteiger partial charge is 0.390 e. The number of aliphatic imine (C=N–C) groups is 1. The number of nitrogens with zero attached hydrogens (tertiary/aromatic N) is 2. The molecule has 0 atom stereocenters. The molecule has 3 rings (SSSR count). The van der Waals surface area contributed by atoms with Crippen LogP contribution in [0.4, 0.5) is 0 Å². The summed E-state index contributed by atoms with van der Waals surface area (Å²) < 4.78 is 0. The van der Waals surface area contributed by atoms with Gasteiger partial charge in [0.15, 0.2) is 0 Å². The monoisotopic (exact) mass is 428 g/mol. The molecule has 99 valence electrons. The third-order valence-corrected chi connectivity index (χ3v) is 3.10. The molecule has 0 fully saturated rings. The average molecular weight is 428 g/mol. The Bertz CT molecular complexity index is 537. The van der Waals surface area contributed by atoms with Crippen LogP contribution in [-0.2, 0) is 26.7 Å². The first-order chi connectivity index (χ1) is 8.93. The van der Waals surface area contributed by atoms with Gasteiger partial charge in [-0.15, -0.1) is 35.9 Å². The molecule has 1 radical (unpaired) electrons. The quantitative estimate of drug-likeness (QED) is 0.688. The van der Waals surface area contributed by atoms with Crippen LogP contribution in [0.5, 0.6) is 0 Å². The van der Waals surface area contributed by atoms with E-state index in [1.54, 1.807) is 0 Å². The topological polar surface area (TPSA) is 15.6 Å². The van der Waals surface area contributed by atoms with E-state index in [9.17, 15) is 0 Å². The molecule has 2 nitrogen and oxygen atoms in total. The second kappa shape index (κ2) is 6.65. The van der Waals surface area contributed by atoms with Crippen molar-refractivity contribution < 1.29 is 20.1 Å². The molecule has 2 aromatic carbocycles. The van der Waals surface area contributed by atoms with Gasteiger partial charge in [0, 0.05) is 45.6 Å². The maximum atomic E-state index is 4.59. The van der Waals surface area contributed by atoms with Crippen molar-refractivity contribution >= 4 is 5.84 Å². The second-order valence-corrected chi connectivity index (χ2v) is 4.39. The van der Waals surface area contributed by atoms with E-state index in [0.29, 0.717) is 0 Å². The number of benzene rings is 2. The van der Waals surface area contributed by atoms with Crippen molar-refractivity contribution in [2.24, 2.45) is 4.99 Å². The molecule has 0 unspecified atom stereocenters. The van der Waals surface area contributed by atoms with Gasteiger partial charge in [0.2, 0.25) is 0 Å². The standard InChI is InChI=1S/C16H15N2.Ir/c1-3-7-14(8-4-1)13-18-12-11-17-16(18)15-9-5-2-6-10-15;/h1-9H,11-13H2;/q-1;. The minimum Gasteiger partial charge on any atom is -0.390 e. The second-order valence-electron chi connectivity index (χ2n) is 4.39. The minimum absolute atomic E-state index is 0. The van der Waals surface area contributed by atoms with Gasteiger partial charge in [0.05, 0.1) is 0 Å². The summed E-state index contributed by atoms with van der Waals surface area (Å²) in [5, 5.41) is 0. The summed E-state index contributed by atoms with van der Waals surface area (Å²) in [6, 6.07) is 21.8. The molecule has 0 saturated heterocycles. The smallest absolute Gasteiger partial charge is 0.0474 e. The maximum Gasteiger partial charge on any atom is 0.0474 e. The first-order valence-electron chi connectivity index (χ1n) is 6.24. The first-order valence-corrected chi connectivity index (χ1v) is 6.24. The van der Waals surface area contributed by atoms with Crippen molar-refractivity contribution in [2.45, 2.75) is 6.54 Å². The van der Waals surface area contributed by atoms with Gasteiger partial charge in [-0.3, -0.25) is 0 Å². The molecule has 0 aromatic heterocycles. The first kappa shape index (κ1) is 14.0. The van der Waals surface area contributed by atoms with E-state index < -0.39 is 0 Å². The zero-order valence-electron chi connectivity index (χ0n) is 10.5. The zero-order chi connectivity index (χ0) is 12.2. The van der Waals surface area contributed by atoms with Gasteiger partial charge in [-0.25, -0.2) is 0 Å². The summed E-state index contributed by atoms with van der Waals surface area (Å²) in [7, 11) is 0. The summed E-state index contributed by atoms with van der Waals surface area (Å²) in [4.78, 5) is 6.92. The van der Waals surface area contributed by atoms with Crippen molar-refractivity contribution in [2.75, 3.05) is 13.1 Å². The Morgan fingerprint density at radius 1 is 1.05 bits per heavy atom. The molecule has 1 heterocycles. The predicted molar refractivity (Wildman–Crippen MR) is 73.5 cm³/mol. The van der Waals surface area contributed by atoms with Gasteiger partial charge in [0.1, 0.15) is 0 Å². The van der Waals surface area contributed by atoms with Crippen molar-refractivity contribution in [3.05, 3.63) is 71.8 Å². The molecule has 0 saturated carbocycles. The third-order valence-electron chi connectivity index (χ3n) is 3.10. The fraction of sp³-hybridized carbons (Fsp3) is 0.188. The molecular formula is C16H15IrN2-. The van der Waals surface area contributed by atoms with Crippen molar-refractivity contribution in [1.29, 1.82) is 0 Å². The van der Waals surface area contributed by atoms with E-state index in [1.165, 1.54) is 5.56 Å². The van der Waals surface area contributed by atoms with Crippen LogP contribution in [0, 0.1) is 6.07 Å². The van der Waals surface area contributed by atoms with Crippen LogP contribution >= 0.6 is 0 Å². The van der Waals surface area contributed by atoms with Gasteiger partial charge < -0.3 is 9.89 Å². The molecule has 0 N–H and O–H groups in total. The van der Waals surface area contributed by atoms with Gasteiger partial charge in [-0.05, 0) is 5.56 Å². The minimum atomic E-state index is 0. The van der Waals surface area contributed by atoms with E-state index in [-0.39, 0.29) is 20.1 Å². The Morgan fingerprint density at radius 2 is 1.84 bits per heavy atom. The molecule has 1 aliphatic heterocycles. The molecule has 0 amide bonds. The molecule has 19 heavy (non-hydrogen) atoms. The van der Waals surface area contributed by atoms with Crippen LogP contribution in [0.3, 0.4) is 0 Å². The van der Waals surface area contributed by atoms with E-state index in [0.717, 1.165) is 31.0 Å². The Labute approximate surface area is 127 Å². The van der Waals surface area contributed by atoms with E-state index in [4.69, 9.17) is 0 Å². The molecule has 0 aliphatic carbocycles. The zero-order valence-corrected chi connectivity index (χ0v) is 12.9. The van der Waals surface area contributed by atoms with Crippen LogP contribution < -0.4 is 0 Å². The number of hydrogen-bond acceptors (Lipinski definition) is 2. The number of amidine groups is 1. The van der Waals surface area contributed by atoms with Gasteiger partial charge >= 0.3 is 0 Å². The summed E-state index contributed by atoms with van der Waals surface area (Å²) in [6.07, 6.45) is 0. The number of rotatable bonds is 3. The SMILES string of the molecule is [Ir].[c-]1ccccc1C1=NCCN1Cc1ccccc1. The van der Waals surface area contributed by atoms with Gasteiger partial charge in [0.25, 0.3) is 0 Å². The number of hydrogen-bond donors (Lipinski definition) is 0. The van der Waals surface area contributed by atoms with Crippen LogP contribution in [0.15, 0.2) is 59.6 Å². The fourth-order valence-corrected chi connectivity index (χ4v) is 2.23. The van der Waals surface area contributed by atoms with Gasteiger partial charge in [-0.2, -0.15) is 0 Å². The summed E-state index contributed by atoms with van der Waals surface area (Å²) in [5.41, 5.74) is 2.41. The van der Waals surface area contributed by atoms with Crippen LogP contribution in [-0.4, -0.2) is 23.8 Å². The summed E-state index contributed by atoms with van der Waals surface area (Å²) in [6.45, 7) is 2.79. The Hall–Kier alpha value is -1.44. The van der Waals surface area contributed by atoms with Gasteiger partial charge in [-0.1, -0.05) is 30.3 Å². The van der Waals surface area contributed by atoms with E-state index >= 15 is 0 Å². The van der Waals surface area contributed by atoms with Crippen molar-refractivity contribution in [3.63, 3.8) is 0 Å². The fourth-order valence-electron chi connectivity index (χ4n) is 2.23. The Balaban J connectivity index is 0.00000133. The summed E-state index contributed by atoms with van der Waals surface area (Å²) >= 11 is 0. The van der Waals surface area contributed by atoms with Crippen molar-refractivity contribution in [1.82, 2.24) is 4.90 Å². The maximum absolute atomic E-state index is 4.59. The average Bonchev–Trinajstić information content (AvgIpc) is 2.89. The molecule has 2 aromatic rings. The molecular weight excluding hydrogens is 412 g/mol. The summed E-state index contributed by atoms with van der Waals surface area (Å²) in [5.74, 6) is 1.07. The normalized spacial score (nSPS) is 13.9. The van der Waals surface area contributed by atoms with E-state index in [1.807, 2.05) is 24.3 Å². The van der Waals surface area contributed by atoms with E-state index in [2.05, 4.69) is 46.3 Å². The molecule has 0 bridgehead atoms. The molecule has 3 heteroatoms. The van der Waals surface area contributed by atoms with Crippen molar-refractivity contribution in [3.8, 4) is 0 Å². The van der Waals surface area contributed by atoms with Crippen LogP contribution in [0.2, 0.25) is 0 Å². The molecule has 1 aliphatic rings. The Kier molecular flexibility index (Phi) is 4.89.